The van der Waals surface area contributed by atoms with Gasteiger partial charge in [0.1, 0.15) is 11.3 Å². The highest BCUT2D eigenvalue weighted by atomic mass is 16.5. The number of nitrogens with zero attached hydrogens (tertiary/aromatic N) is 1. The SMILES string of the molecule is CCOc1ccccc1CN1CCCCC1(C)C(=O)O. The van der Waals surface area contributed by atoms with Gasteiger partial charge in [-0.3, -0.25) is 9.69 Å². The summed E-state index contributed by atoms with van der Waals surface area (Å²) in [5.41, 5.74) is 0.293. The first-order valence-corrected chi connectivity index (χ1v) is 7.27. The summed E-state index contributed by atoms with van der Waals surface area (Å²) >= 11 is 0. The third-order valence-corrected chi connectivity index (χ3v) is 4.13. The number of piperidine rings is 1. The van der Waals surface area contributed by atoms with Crippen molar-refractivity contribution < 1.29 is 14.6 Å². The average Bonchev–Trinajstić information content (AvgIpc) is 2.43. The van der Waals surface area contributed by atoms with Crippen molar-refractivity contribution in [3.63, 3.8) is 0 Å². The minimum atomic E-state index is -0.766. The molecule has 0 aliphatic carbocycles. The van der Waals surface area contributed by atoms with Crippen molar-refractivity contribution in [3.05, 3.63) is 29.8 Å². The molecule has 1 aliphatic rings. The zero-order chi connectivity index (χ0) is 14.6. The fourth-order valence-electron chi connectivity index (χ4n) is 2.81. The molecule has 0 spiro atoms. The lowest BCUT2D eigenvalue weighted by Gasteiger charge is -2.41. The number of likely N-dealkylation sites (tertiary alicyclic amines) is 1. The van der Waals surface area contributed by atoms with Gasteiger partial charge in [0.2, 0.25) is 0 Å². The fourth-order valence-corrected chi connectivity index (χ4v) is 2.81. The Bertz CT molecular complexity index is 475. The van der Waals surface area contributed by atoms with E-state index in [1.165, 1.54) is 0 Å². The minimum Gasteiger partial charge on any atom is -0.494 e. The summed E-state index contributed by atoms with van der Waals surface area (Å²) in [6.07, 6.45) is 2.74. The highest BCUT2D eigenvalue weighted by Crippen LogP contribution is 2.31. The van der Waals surface area contributed by atoms with Gasteiger partial charge in [-0.2, -0.15) is 0 Å². The minimum absolute atomic E-state index is 0.618. The molecule has 1 aromatic carbocycles. The first-order valence-electron chi connectivity index (χ1n) is 7.27. The third-order valence-electron chi connectivity index (χ3n) is 4.13. The van der Waals surface area contributed by atoms with Crippen molar-refractivity contribution in [3.8, 4) is 5.75 Å². The van der Waals surface area contributed by atoms with E-state index < -0.39 is 11.5 Å². The first-order chi connectivity index (χ1) is 9.58. The van der Waals surface area contributed by atoms with Gasteiger partial charge in [0.15, 0.2) is 0 Å². The molecule has 1 unspecified atom stereocenters. The van der Waals surface area contributed by atoms with E-state index in [0.717, 1.165) is 30.7 Å². The normalized spacial score (nSPS) is 23.5. The Labute approximate surface area is 120 Å². The molecule has 1 aromatic rings. The number of benzene rings is 1. The van der Waals surface area contributed by atoms with Crippen LogP contribution in [0.2, 0.25) is 0 Å². The van der Waals surface area contributed by atoms with Gasteiger partial charge >= 0.3 is 5.97 Å². The van der Waals surface area contributed by atoms with Crippen LogP contribution in [0.3, 0.4) is 0 Å². The number of aliphatic carboxylic acids is 1. The molecular weight excluding hydrogens is 254 g/mol. The molecule has 2 rings (SSSR count). The summed E-state index contributed by atoms with van der Waals surface area (Å²) in [6.45, 7) is 5.85. The second-order valence-corrected chi connectivity index (χ2v) is 5.50. The van der Waals surface area contributed by atoms with Crippen molar-refractivity contribution in [2.45, 2.75) is 45.2 Å². The Morgan fingerprint density at radius 1 is 1.40 bits per heavy atom. The van der Waals surface area contributed by atoms with Gasteiger partial charge in [-0.05, 0) is 45.7 Å². The number of carbonyl (C=O) groups is 1. The molecular formula is C16H23NO3. The van der Waals surface area contributed by atoms with Crippen LogP contribution in [0.5, 0.6) is 5.75 Å². The molecule has 0 aromatic heterocycles. The van der Waals surface area contributed by atoms with Gasteiger partial charge in [0.25, 0.3) is 0 Å². The molecule has 0 amide bonds. The van der Waals surface area contributed by atoms with Crippen molar-refractivity contribution >= 4 is 5.97 Å². The number of rotatable bonds is 5. The molecule has 4 heteroatoms. The molecule has 0 saturated carbocycles. The van der Waals surface area contributed by atoms with Crippen LogP contribution in [-0.4, -0.2) is 34.7 Å². The number of carboxylic acids is 1. The van der Waals surface area contributed by atoms with Crippen LogP contribution < -0.4 is 4.74 Å². The van der Waals surface area contributed by atoms with Crippen LogP contribution >= 0.6 is 0 Å². The Morgan fingerprint density at radius 3 is 2.85 bits per heavy atom. The summed E-state index contributed by atoms with van der Waals surface area (Å²) < 4.78 is 5.63. The molecule has 1 atom stereocenters. The maximum absolute atomic E-state index is 11.6. The topological polar surface area (TPSA) is 49.8 Å². The predicted octanol–water partition coefficient (Wildman–Crippen LogP) is 2.91. The summed E-state index contributed by atoms with van der Waals surface area (Å²) in [4.78, 5) is 13.7. The van der Waals surface area contributed by atoms with E-state index in [0.29, 0.717) is 19.6 Å². The Hall–Kier alpha value is -1.55. The van der Waals surface area contributed by atoms with Crippen LogP contribution in [0.25, 0.3) is 0 Å². The summed E-state index contributed by atoms with van der Waals surface area (Å²) in [5, 5.41) is 9.55. The Balaban J connectivity index is 2.21. The lowest BCUT2D eigenvalue weighted by Crippen LogP contribution is -2.54. The van der Waals surface area contributed by atoms with Crippen LogP contribution in [0, 0.1) is 0 Å². The quantitative estimate of drug-likeness (QED) is 0.899. The second-order valence-electron chi connectivity index (χ2n) is 5.50. The standard InChI is InChI=1S/C16H23NO3/c1-3-20-14-9-5-4-8-13(14)12-17-11-7-6-10-16(17,2)15(18)19/h4-5,8-9H,3,6-7,10-12H2,1-2H3,(H,18,19). The van der Waals surface area contributed by atoms with E-state index in [1.807, 2.05) is 38.1 Å². The molecule has 1 saturated heterocycles. The van der Waals surface area contributed by atoms with Crippen LogP contribution in [0.1, 0.15) is 38.7 Å². The van der Waals surface area contributed by atoms with Gasteiger partial charge < -0.3 is 9.84 Å². The van der Waals surface area contributed by atoms with Gasteiger partial charge in [0.05, 0.1) is 6.61 Å². The maximum atomic E-state index is 11.6. The van der Waals surface area contributed by atoms with Gasteiger partial charge in [-0.25, -0.2) is 0 Å². The molecule has 110 valence electrons. The molecule has 1 heterocycles. The lowest BCUT2D eigenvalue weighted by atomic mass is 9.88. The third kappa shape index (κ3) is 2.96. The molecule has 0 radical (unpaired) electrons. The number of para-hydroxylation sites is 1. The lowest BCUT2D eigenvalue weighted by molar-refractivity contribution is -0.153. The Morgan fingerprint density at radius 2 is 2.15 bits per heavy atom. The molecule has 4 nitrogen and oxygen atoms in total. The highest BCUT2D eigenvalue weighted by Gasteiger charge is 2.41. The summed E-state index contributed by atoms with van der Waals surface area (Å²) in [7, 11) is 0. The fraction of sp³-hybridized carbons (Fsp3) is 0.562. The zero-order valence-electron chi connectivity index (χ0n) is 12.3. The van der Waals surface area contributed by atoms with Gasteiger partial charge in [0, 0.05) is 12.1 Å². The van der Waals surface area contributed by atoms with E-state index >= 15 is 0 Å². The van der Waals surface area contributed by atoms with Crippen LogP contribution in [-0.2, 0) is 11.3 Å². The molecule has 20 heavy (non-hydrogen) atoms. The summed E-state index contributed by atoms with van der Waals surface area (Å²) in [5.74, 6) is 0.124. The van der Waals surface area contributed by atoms with E-state index in [1.54, 1.807) is 0 Å². The van der Waals surface area contributed by atoms with Crippen molar-refractivity contribution in [2.24, 2.45) is 0 Å². The van der Waals surface area contributed by atoms with E-state index in [-0.39, 0.29) is 0 Å². The van der Waals surface area contributed by atoms with Crippen LogP contribution in [0.15, 0.2) is 24.3 Å². The number of ether oxygens (including phenoxy) is 1. The van der Waals surface area contributed by atoms with Crippen molar-refractivity contribution in [2.75, 3.05) is 13.2 Å². The van der Waals surface area contributed by atoms with Gasteiger partial charge in [-0.15, -0.1) is 0 Å². The molecule has 1 N–H and O–H groups in total. The zero-order valence-corrected chi connectivity index (χ0v) is 12.3. The van der Waals surface area contributed by atoms with E-state index in [9.17, 15) is 9.90 Å². The average molecular weight is 277 g/mol. The van der Waals surface area contributed by atoms with Gasteiger partial charge in [-0.1, -0.05) is 18.2 Å². The monoisotopic (exact) mass is 277 g/mol. The first kappa shape index (κ1) is 14.9. The van der Waals surface area contributed by atoms with E-state index in [4.69, 9.17) is 4.74 Å². The highest BCUT2D eigenvalue weighted by molar-refractivity contribution is 5.78. The number of hydrogen-bond donors (Lipinski definition) is 1. The van der Waals surface area contributed by atoms with Crippen molar-refractivity contribution in [1.82, 2.24) is 4.90 Å². The molecule has 0 bridgehead atoms. The molecule has 1 aliphatic heterocycles. The predicted molar refractivity (Wildman–Crippen MR) is 77.9 cm³/mol. The number of hydrogen-bond acceptors (Lipinski definition) is 3. The second kappa shape index (κ2) is 6.27. The smallest absolute Gasteiger partial charge is 0.323 e. The van der Waals surface area contributed by atoms with Crippen LogP contribution in [0.4, 0.5) is 0 Å². The molecule has 1 fully saturated rings. The maximum Gasteiger partial charge on any atom is 0.323 e. The number of carboxylic acid groups (broad SMARTS) is 1. The Kier molecular flexibility index (Phi) is 4.65. The largest absolute Gasteiger partial charge is 0.494 e. The van der Waals surface area contributed by atoms with Crippen molar-refractivity contribution in [1.29, 1.82) is 0 Å². The van der Waals surface area contributed by atoms with E-state index in [2.05, 4.69) is 4.90 Å². The summed E-state index contributed by atoms with van der Waals surface area (Å²) in [6, 6.07) is 7.88.